The molecule has 0 aromatic heterocycles. The van der Waals surface area contributed by atoms with Gasteiger partial charge in [0, 0.05) is 12.0 Å². The van der Waals surface area contributed by atoms with E-state index in [1.54, 1.807) is 19.1 Å². The van der Waals surface area contributed by atoms with Crippen molar-refractivity contribution < 1.29 is 28.9 Å². The second-order valence-corrected chi connectivity index (χ2v) is 4.95. The summed E-state index contributed by atoms with van der Waals surface area (Å²) < 4.78 is 15.9. The SMILES string of the molecule is CC1OC(COc2ccc(C(=O)CCC(=O)O)cc2Cl)O1. The molecule has 2 rings (SSSR count). The van der Waals surface area contributed by atoms with E-state index in [2.05, 4.69) is 0 Å². The Kier molecular flexibility index (Phi) is 5.17. The lowest BCUT2D eigenvalue weighted by Crippen LogP contribution is -2.42. The van der Waals surface area contributed by atoms with Crippen molar-refractivity contribution in [3.05, 3.63) is 28.8 Å². The van der Waals surface area contributed by atoms with Gasteiger partial charge in [0.15, 0.2) is 18.4 Å². The monoisotopic (exact) mass is 314 g/mol. The van der Waals surface area contributed by atoms with Crippen LogP contribution in [0.25, 0.3) is 0 Å². The third-order valence-electron chi connectivity index (χ3n) is 2.88. The molecular formula is C14H15ClO6. The summed E-state index contributed by atoms with van der Waals surface area (Å²) in [6.45, 7) is 1.98. The molecule has 0 spiro atoms. The van der Waals surface area contributed by atoms with Gasteiger partial charge in [-0.15, -0.1) is 0 Å². The average molecular weight is 315 g/mol. The Hall–Kier alpha value is -1.63. The zero-order valence-electron chi connectivity index (χ0n) is 11.4. The molecule has 1 saturated heterocycles. The van der Waals surface area contributed by atoms with Crippen LogP contribution in [0, 0.1) is 0 Å². The second-order valence-electron chi connectivity index (χ2n) is 4.54. The van der Waals surface area contributed by atoms with Gasteiger partial charge < -0.3 is 19.3 Å². The first-order valence-electron chi connectivity index (χ1n) is 6.44. The number of carbonyl (C=O) groups is 2. The van der Waals surface area contributed by atoms with Crippen molar-refractivity contribution in [1.82, 2.24) is 0 Å². The van der Waals surface area contributed by atoms with Crippen molar-refractivity contribution in [3.63, 3.8) is 0 Å². The van der Waals surface area contributed by atoms with Crippen molar-refractivity contribution in [2.45, 2.75) is 32.3 Å². The van der Waals surface area contributed by atoms with E-state index < -0.39 is 12.3 Å². The molecular weight excluding hydrogens is 300 g/mol. The average Bonchev–Trinajstić information content (AvgIpc) is 2.40. The van der Waals surface area contributed by atoms with Crippen LogP contribution < -0.4 is 4.74 Å². The van der Waals surface area contributed by atoms with E-state index in [1.807, 2.05) is 0 Å². The van der Waals surface area contributed by atoms with Gasteiger partial charge in [-0.1, -0.05) is 11.6 Å². The fourth-order valence-electron chi connectivity index (χ4n) is 1.83. The van der Waals surface area contributed by atoms with Crippen molar-refractivity contribution in [3.8, 4) is 5.75 Å². The van der Waals surface area contributed by atoms with Crippen molar-refractivity contribution in [2.75, 3.05) is 6.61 Å². The molecule has 6 nitrogen and oxygen atoms in total. The van der Waals surface area contributed by atoms with Crippen LogP contribution in [-0.4, -0.2) is 36.0 Å². The standard InChI is InChI=1S/C14H15ClO6/c1-8-20-14(21-8)7-19-12-4-2-9(6-10(12)15)11(16)3-5-13(17)18/h2,4,6,8,14H,3,5,7H2,1H3,(H,17,18). The van der Waals surface area contributed by atoms with Crippen molar-refractivity contribution in [1.29, 1.82) is 0 Å². The number of aliphatic carboxylic acids is 1. The van der Waals surface area contributed by atoms with Crippen LogP contribution >= 0.6 is 11.6 Å². The molecule has 114 valence electrons. The van der Waals surface area contributed by atoms with E-state index in [0.717, 1.165) is 0 Å². The Morgan fingerprint density at radius 3 is 2.62 bits per heavy atom. The van der Waals surface area contributed by atoms with Crippen molar-refractivity contribution in [2.24, 2.45) is 0 Å². The predicted molar refractivity (Wildman–Crippen MR) is 73.6 cm³/mol. The van der Waals surface area contributed by atoms with E-state index in [-0.39, 0.29) is 36.5 Å². The minimum atomic E-state index is -1.01. The molecule has 0 saturated carbocycles. The maximum atomic E-state index is 11.8. The lowest BCUT2D eigenvalue weighted by Gasteiger charge is -2.33. The van der Waals surface area contributed by atoms with Crippen LogP contribution in [0.3, 0.4) is 0 Å². The molecule has 0 atom stereocenters. The molecule has 0 amide bonds. The second kappa shape index (κ2) is 6.89. The van der Waals surface area contributed by atoms with Gasteiger partial charge in [-0.05, 0) is 25.1 Å². The number of halogens is 1. The summed E-state index contributed by atoms with van der Waals surface area (Å²) >= 11 is 6.03. The van der Waals surface area contributed by atoms with Crippen LogP contribution in [0.5, 0.6) is 5.75 Å². The van der Waals surface area contributed by atoms with Crippen LogP contribution in [0.4, 0.5) is 0 Å². The van der Waals surface area contributed by atoms with Crippen molar-refractivity contribution >= 4 is 23.4 Å². The summed E-state index contributed by atoms with van der Waals surface area (Å²) in [5.74, 6) is -0.868. The Morgan fingerprint density at radius 2 is 2.05 bits per heavy atom. The van der Waals surface area contributed by atoms with Crippen LogP contribution in [0.15, 0.2) is 18.2 Å². The van der Waals surface area contributed by atoms with Gasteiger partial charge in [0.25, 0.3) is 0 Å². The van der Waals surface area contributed by atoms with Gasteiger partial charge >= 0.3 is 5.97 Å². The zero-order chi connectivity index (χ0) is 15.4. The molecule has 1 aromatic carbocycles. The van der Waals surface area contributed by atoms with Gasteiger partial charge in [0.2, 0.25) is 0 Å². The first-order chi connectivity index (χ1) is 9.95. The summed E-state index contributed by atoms with van der Waals surface area (Å²) in [5.41, 5.74) is 0.360. The predicted octanol–water partition coefficient (Wildman–Crippen LogP) is 2.49. The van der Waals surface area contributed by atoms with Crippen LogP contribution in [-0.2, 0) is 14.3 Å². The number of benzene rings is 1. The third-order valence-corrected chi connectivity index (χ3v) is 3.18. The molecule has 0 bridgehead atoms. The highest BCUT2D eigenvalue weighted by atomic mass is 35.5. The zero-order valence-corrected chi connectivity index (χ0v) is 12.1. The van der Waals surface area contributed by atoms with Gasteiger partial charge in [0.05, 0.1) is 11.4 Å². The van der Waals surface area contributed by atoms with Gasteiger partial charge in [-0.3, -0.25) is 9.59 Å². The molecule has 0 unspecified atom stereocenters. The number of rotatable bonds is 7. The molecule has 1 fully saturated rings. The van der Waals surface area contributed by atoms with Crippen LogP contribution in [0.1, 0.15) is 30.1 Å². The number of hydrogen-bond donors (Lipinski definition) is 1. The van der Waals surface area contributed by atoms with E-state index in [0.29, 0.717) is 11.3 Å². The minimum absolute atomic E-state index is 0.0620. The summed E-state index contributed by atoms with van der Waals surface area (Å²) in [7, 11) is 0. The van der Waals surface area contributed by atoms with E-state index in [1.165, 1.54) is 6.07 Å². The Morgan fingerprint density at radius 1 is 1.33 bits per heavy atom. The minimum Gasteiger partial charge on any atom is -0.487 e. The molecule has 1 aliphatic heterocycles. The molecule has 1 aromatic rings. The van der Waals surface area contributed by atoms with Gasteiger partial charge in [-0.2, -0.15) is 0 Å². The highest BCUT2D eigenvalue weighted by molar-refractivity contribution is 6.32. The number of ether oxygens (including phenoxy) is 3. The maximum Gasteiger partial charge on any atom is 0.303 e. The fourth-order valence-corrected chi connectivity index (χ4v) is 2.07. The molecule has 1 N–H and O–H groups in total. The normalized spacial score (nSPS) is 20.7. The summed E-state index contributed by atoms with van der Waals surface area (Å²) in [6, 6.07) is 4.58. The highest BCUT2D eigenvalue weighted by Crippen LogP contribution is 2.27. The molecule has 21 heavy (non-hydrogen) atoms. The highest BCUT2D eigenvalue weighted by Gasteiger charge is 2.27. The van der Waals surface area contributed by atoms with Crippen LogP contribution in [0.2, 0.25) is 5.02 Å². The number of ketones is 1. The quantitative estimate of drug-likeness (QED) is 0.779. The van der Waals surface area contributed by atoms with E-state index in [4.69, 9.17) is 30.9 Å². The van der Waals surface area contributed by atoms with Gasteiger partial charge in [0.1, 0.15) is 12.4 Å². The smallest absolute Gasteiger partial charge is 0.303 e. The van der Waals surface area contributed by atoms with Gasteiger partial charge in [-0.25, -0.2) is 0 Å². The number of hydrogen-bond acceptors (Lipinski definition) is 5. The first kappa shape index (κ1) is 15.8. The van der Waals surface area contributed by atoms with E-state index in [9.17, 15) is 9.59 Å². The first-order valence-corrected chi connectivity index (χ1v) is 6.82. The summed E-state index contributed by atoms with van der Waals surface area (Å²) in [5, 5.41) is 8.84. The summed E-state index contributed by atoms with van der Waals surface area (Å²) in [6.07, 6.45) is -0.896. The lowest BCUT2D eigenvalue weighted by molar-refractivity contribution is -0.380. The maximum absolute atomic E-state index is 11.8. The molecule has 7 heteroatoms. The molecule has 0 radical (unpaired) electrons. The Balaban J connectivity index is 1.90. The number of Topliss-reactive ketones (excluding diaryl/α,β-unsaturated/α-hetero) is 1. The third kappa shape index (κ3) is 4.42. The number of carboxylic acid groups (broad SMARTS) is 1. The Bertz CT molecular complexity index is 538. The molecule has 0 aliphatic carbocycles. The largest absolute Gasteiger partial charge is 0.487 e. The topological polar surface area (TPSA) is 82.1 Å². The fraction of sp³-hybridized carbons (Fsp3) is 0.429. The molecule has 1 heterocycles. The number of carboxylic acids is 1. The Labute approximate surface area is 126 Å². The summed E-state index contributed by atoms with van der Waals surface area (Å²) in [4.78, 5) is 22.2. The lowest BCUT2D eigenvalue weighted by atomic mass is 10.1. The molecule has 1 aliphatic rings. The number of carbonyl (C=O) groups excluding carboxylic acids is 1. The van der Waals surface area contributed by atoms with E-state index >= 15 is 0 Å².